The summed E-state index contributed by atoms with van der Waals surface area (Å²) in [4.78, 5) is 13.4. The molecule has 0 aliphatic carbocycles. The maximum Gasteiger partial charge on any atom is 0.270 e. The standard InChI is InChI=1S/C11H13N3O2/c12-5-1-2-8-7-13-11-4-3-9(14(15)16)6-10(8)11/h3-4,6-7,13H,1-2,5,12H2. The van der Waals surface area contributed by atoms with E-state index in [1.807, 2.05) is 6.20 Å². The Bertz CT molecular complexity index is 519. The van der Waals surface area contributed by atoms with Crippen LogP contribution in [0.1, 0.15) is 12.0 Å². The van der Waals surface area contributed by atoms with E-state index in [1.165, 1.54) is 6.07 Å². The zero-order valence-electron chi connectivity index (χ0n) is 8.77. The molecule has 0 aliphatic rings. The molecule has 1 heterocycles. The largest absolute Gasteiger partial charge is 0.361 e. The molecule has 0 radical (unpaired) electrons. The van der Waals surface area contributed by atoms with Gasteiger partial charge in [0.1, 0.15) is 0 Å². The van der Waals surface area contributed by atoms with Gasteiger partial charge in [0.05, 0.1) is 4.92 Å². The minimum atomic E-state index is -0.376. The van der Waals surface area contributed by atoms with Gasteiger partial charge in [-0.1, -0.05) is 0 Å². The quantitative estimate of drug-likeness (QED) is 0.609. The number of H-pyrrole nitrogens is 1. The number of fused-ring (bicyclic) bond motifs is 1. The van der Waals surface area contributed by atoms with Crippen molar-refractivity contribution in [2.24, 2.45) is 5.73 Å². The Labute approximate surface area is 92.4 Å². The van der Waals surface area contributed by atoms with Crippen molar-refractivity contribution in [2.75, 3.05) is 6.54 Å². The van der Waals surface area contributed by atoms with Crippen LogP contribution in [0, 0.1) is 10.1 Å². The van der Waals surface area contributed by atoms with Gasteiger partial charge in [0.15, 0.2) is 0 Å². The van der Waals surface area contributed by atoms with Crippen LogP contribution in [0.3, 0.4) is 0 Å². The molecule has 0 fully saturated rings. The van der Waals surface area contributed by atoms with Crippen LogP contribution in [0.5, 0.6) is 0 Å². The summed E-state index contributed by atoms with van der Waals surface area (Å²) in [6.45, 7) is 0.627. The first-order valence-corrected chi connectivity index (χ1v) is 5.17. The van der Waals surface area contributed by atoms with Crippen molar-refractivity contribution in [3.8, 4) is 0 Å². The van der Waals surface area contributed by atoms with E-state index < -0.39 is 0 Å². The molecular formula is C11H13N3O2. The minimum Gasteiger partial charge on any atom is -0.361 e. The maximum atomic E-state index is 10.7. The number of nitro benzene ring substituents is 1. The summed E-state index contributed by atoms with van der Waals surface area (Å²) in [6.07, 6.45) is 3.62. The summed E-state index contributed by atoms with van der Waals surface area (Å²) in [7, 11) is 0. The van der Waals surface area contributed by atoms with Gasteiger partial charge in [-0.25, -0.2) is 0 Å². The zero-order valence-corrected chi connectivity index (χ0v) is 8.77. The molecule has 0 aliphatic heterocycles. The first kappa shape index (κ1) is 10.6. The Morgan fingerprint density at radius 1 is 1.44 bits per heavy atom. The van der Waals surface area contributed by atoms with E-state index in [2.05, 4.69) is 4.98 Å². The molecule has 1 aromatic carbocycles. The predicted molar refractivity (Wildman–Crippen MR) is 62.3 cm³/mol. The van der Waals surface area contributed by atoms with E-state index in [1.54, 1.807) is 12.1 Å². The van der Waals surface area contributed by atoms with Crippen LogP contribution >= 0.6 is 0 Å². The lowest BCUT2D eigenvalue weighted by Gasteiger charge is -1.97. The van der Waals surface area contributed by atoms with Crippen LogP contribution in [-0.4, -0.2) is 16.5 Å². The second-order valence-corrected chi connectivity index (χ2v) is 3.69. The normalized spacial score (nSPS) is 10.8. The molecule has 5 nitrogen and oxygen atoms in total. The summed E-state index contributed by atoms with van der Waals surface area (Å²) in [5.41, 5.74) is 7.59. The van der Waals surface area contributed by atoms with Gasteiger partial charge in [-0.2, -0.15) is 0 Å². The van der Waals surface area contributed by atoms with Crippen LogP contribution in [0.25, 0.3) is 10.9 Å². The number of aromatic amines is 1. The first-order chi connectivity index (χ1) is 7.72. The summed E-state index contributed by atoms with van der Waals surface area (Å²) in [5.74, 6) is 0. The molecule has 0 atom stereocenters. The van der Waals surface area contributed by atoms with E-state index in [4.69, 9.17) is 5.73 Å². The highest BCUT2D eigenvalue weighted by Crippen LogP contribution is 2.24. The molecule has 1 aromatic heterocycles. The average Bonchev–Trinajstić information content (AvgIpc) is 2.68. The van der Waals surface area contributed by atoms with Crippen molar-refractivity contribution in [3.63, 3.8) is 0 Å². The van der Waals surface area contributed by atoms with E-state index >= 15 is 0 Å². The fourth-order valence-electron chi connectivity index (χ4n) is 1.78. The van der Waals surface area contributed by atoms with E-state index in [9.17, 15) is 10.1 Å². The van der Waals surface area contributed by atoms with Crippen molar-refractivity contribution >= 4 is 16.6 Å². The van der Waals surface area contributed by atoms with Crippen LogP contribution in [0.15, 0.2) is 24.4 Å². The van der Waals surface area contributed by atoms with E-state index in [0.717, 1.165) is 29.3 Å². The molecule has 2 rings (SSSR count). The third kappa shape index (κ3) is 1.90. The molecule has 16 heavy (non-hydrogen) atoms. The molecule has 0 unspecified atom stereocenters. The summed E-state index contributed by atoms with van der Waals surface area (Å²) in [5, 5.41) is 11.6. The maximum absolute atomic E-state index is 10.7. The first-order valence-electron chi connectivity index (χ1n) is 5.17. The molecule has 84 valence electrons. The van der Waals surface area contributed by atoms with Crippen molar-refractivity contribution in [1.82, 2.24) is 4.98 Å². The third-order valence-electron chi connectivity index (χ3n) is 2.61. The molecule has 0 saturated heterocycles. The highest BCUT2D eigenvalue weighted by atomic mass is 16.6. The fourth-order valence-corrected chi connectivity index (χ4v) is 1.78. The lowest BCUT2D eigenvalue weighted by atomic mass is 10.1. The number of benzene rings is 1. The van der Waals surface area contributed by atoms with Crippen LogP contribution < -0.4 is 5.73 Å². The molecule has 5 heteroatoms. The van der Waals surface area contributed by atoms with Gasteiger partial charge in [0.2, 0.25) is 0 Å². The number of nitrogens with zero attached hydrogens (tertiary/aromatic N) is 1. The number of hydrogen-bond acceptors (Lipinski definition) is 3. The zero-order chi connectivity index (χ0) is 11.5. The Morgan fingerprint density at radius 3 is 2.94 bits per heavy atom. The Balaban J connectivity index is 2.43. The third-order valence-corrected chi connectivity index (χ3v) is 2.61. The summed E-state index contributed by atoms with van der Waals surface area (Å²) in [6, 6.07) is 4.85. The minimum absolute atomic E-state index is 0.126. The predicted octanol–water partition coefficient (Wildman–Crippen LogP) is 1.97. The fraction of sp³-hybridized carbons (Fsp3) is 0.273. The van der Waals surface area contributed by atoms with Crippen molar-refractivity contribution in [3.05, 3.63) is 40.1 Å². The van der Waals surface area contributed by atoms with Crippen LogP contribution in [0.4, 0.5) is 5.69 Å². The van der Waals surface area contributed by atoms with E-state index in [0.29, 0.717) is 6.54 Å². The van der Waals surface area contributed by atoms with Gasteiger partial charge in [-0.15, -0.1) is 0 Å². The van der Waals surface area contributed by atoms with Crippen molar-refractivity contribution in [1.29, 1.82) is 0 Å². The molecule has 0 amide bonds. The summed E-state index contributed by atoms with van der Waals surface area (Å²) >= 11 is 0. The topological polar surface area (TPSA) is 85.0 Å². The number of nitrogens with two attached hydrogens (primary N) is 1. The highest BCUT2D eigenvalue weighted by molar-refractivity contribution is 5.85. The lowest BCUT2D eigenvalue weighted by molar-refractivity contribution is -0.384. The number of non-ortho nitro benzene ring substituents is 1. The van der Waals surface area contributed by atoms with Gasteiger partial charge in [-0.3, -0.25) is 10.1 Å². The Kier molecular flexibility index (Phi) is 2.87. The van der Waals surface area contributed by atoms with Gasteiger partial charge in [0, 0.05) is 29.2 Å². The number of aromatic nitrogens is 1. The Morgan fingerprint density at radius 2 is 2.25 bits per heavy atom. The number of nitrogens with one attached hydrogen (secondary N) is 1. The molecule has 3 N–H and O–H groups in total. The van der Waals surface area contributed by atoms with E-state index in [-0.39, 0.29) is 10.6 Å². The monoisotopic (exact) mass is 219 g/mol. The van der Waals surface area contributed by atoms with Gasteiger partial charge in [0.25, 0.3) is 5.69 Å². The van der Waals surface area contributed by atoms with Crippen LogP contribution in [0.2, 0.25) is 0 Å². The highest BCUT2D eigenvalue weighted by Gasteiger charge is 2.09. The molecule has 0 bridgehead atoms. The number of aryl methyl sites for hydroxylation is 1. The molecular weight excluding hydrogens is 206 g/mol. The smallest absolute Gasteiger partial charge is 0.270 e. The molecule has 0 saturated carbocycles. The SMILES string of the molecule is NCCCc1c[nH]c2ccc([N+](=O)[O-])cc12. The number of hydrogen-bond donors (Lipinski definition) is 2. The van der Waals surface area contributed by atoms with Gasteiger partial charge in [-0.05, 0) is 31.0 Å². The van der Waals surface area contributed by atoms with Gasteiger partial charge >= 0.3 is 0 Å². The summed E-state index contributed by atoms with van der Waals surface area (Å²) < 4.78 is 0. The molecule has 2 aromatic rings. The van der Waals surface area contributed by atoms with Gasteiger partial charge < -0.3 is 10.7 Å². The van der Waals surface area contributed by atoms with Crippen LogP contribution in [-0.2, 0) is 6.42 Å². The van der Waals surface area contributed by atoms with Crippen molar-refractivity contribution in [2.45, 2.75) is 12.8 Å². The average molecular weight is 219 g/mol. The number of nitro groups is 1. The Hall–Kier alpha value is -1.88. The van der Waals surface area contributed by atoms with Crippen molar-refractivity contribution < 1.29 is 4.92 Å². The number of rotatable bonds is 4. The molecule has 0 spiro atoms. The second kappa shape index (κ2) is 4.32. The second-order valence-electron chi connectivity index (χ2n) is 3.69. The lowest BCUT2D eigenvalue weighted by Crippen LogP contribution is -1.99.